The number of H-pyrrole nitrogens is 1. The molecule has 3 N–H and O–H groups in total. The van der Waals surface area contributed by atoms with Crippen molar-refractivity contribution in [1.82, 2.24) is 19.7 Å². The summed E-state index contributed by atoms with van der Waals surface area (Å²) in [4.78, 5) is 29.7. The largest absolute Gasteiger partial charge is 0.416 e. The van der Waals surface area contributed by atoms with Gasteiger partial charge in [0.15, 0.2) is 11.9 Å². The van der Waals surface area contributed by atoms with Gasteiger partial charge in [-0.15, -0.1) is 11.3 Å². The maximum atomic E-state index is 13.1. The Morgan fingerprint density at radius 2 is 2.03 bits per heavy atom. The van der Waals surface area contributed by atoms with Crippen LogP contribution in [0.1, 0.15) is 16.5 Å². The van der Waals surface area contributed by atoms with Crippen molar-refractivity contribution in [2.75, 3.05) is 0 Å². The molecule has 0 aliphatic heterocycles. The molecule has 1 amide bonds. The van der Waals surface area contributed by atoms with E-state index in [1.807, 2.05) is 0 Å². The number of fused-ring (bicyclic) bond motifs is 1. The number of benzene rings is 1. The first-order valence-corrected chi connectivity index (χ1v) is 10.00. The fourth-order valence-electron chi connectivity index (χ4n) is 3.19. The quantitative estimate of drug-likeness (QED) is 0.448. The van der Waals surface area contributed by atoms with Crippen LogP contribution in [0.3, 0.4) is 0 Å². The first-order valence-electron chi connectivity index (χ1n) is 8.33. The number of nitrogens with one attached hydrogen (secondary N) is 1. The number of amides is 1. The van der Waals surface area contributed by atoms with Crippen molar-refractivity contribution in [2.45, 2.75) is 12.2 Å². The van der Waals surface area contributed by atoms with Gasteiger partial charge in [-0.25, -0.2) is 4.98 Å². The average molecular weight is 498 g/mol. The number of hydrogen-bond acceptors (Lipinski definition) is 5. The summed E-state index contributed by atoms with van der Waals surface area (Å²) in [6, 6.07) is 4.06. The van der Waals surface area contributed by atoms with E-state index >= 15 is 0 Å². The van der Waals surface area contributed by atoms with Crippen LogP contribution in [0.2, 0.25) is 0 Å². The fraction of sp³-hybridized carbons (Fsp3) is 0.111. The van der Waals surface area contributed by atoms with E-state index in [0.717, 1.165) is 40.2 Å². The summed E-state index contributed by atoms with van der Waals surface area (Å²) < 4.78 is 41.0. The lowest BCUT2D eigenvalue weighted by Gasteiger charge is -2.20. The van der Waals surface area contributed by atoms with Crippen molar-refractivity contribution in [3.05, 3.63) is 67.3 Å². The Morgan fingerprint density at radius 3 is 2.67 bits per heavy atom. The van der Waals surface area contributed by atoms with Gasteiger partial charge < -0.3 is 5.73 Å². The molecular formula is C18H11BrF3N5O2S. The molecule has 0 radical (unpaired) electrons. The first-order chi connectivity index (χ1) is 14.2. The summed E-state index contributed by atoms with van der Waals surface area (Å²) >= 11 is 4.54. The Bertz CT molecular complexity index is 1310. The van der Waals surface area contributed by atoms with Gasteiger partial charge >= 0.3 is 6.18 Å². The first kappa shape index (κ1) is 20.3. The molecule has 0 saturated heterocycles. The highest BCUT2D eigenvalue weighted by Gasteiger charge is 2.32. The monoisotopic (exact) mass is 497 g/mol. The summed E-state index contributed by atoms with van der Waals surface area (Å²) in [6.45, 7) is 0. The second-order valence-electron chi connectivity index (χ2n) is 6.27. The molecule has 30 heavy (non-hydrogen) atoms. The third-order valence-electron chi connectivity index (χ3n) is 4.46. The zero-order valence-electron chi connectivity index (χ0n) is 14.8. The number of thiophene rings is 1. The zero-order valence-corrected chi connectivity index (χ0v) is 17.2. The number of rotatable bonds is 4. The molecular weight excluding hydrogens is 487 g/mol. The number of nitrogens with zero attached hydrogens (tertiary/aromatic N) is 3. The van der Waals surface area contributed by atoms with Crippen LogP contribution in [0.25, 0.3) is 22.3 Å². The van der Waals surface area contributed by atoms with E-state index in [2.05, 4.69) is 31.1 Å². The second kappa shape index (κ2) is 7.36. The molecule has 0 bridgehead atoms. The maximum Gasteiger partial charge on any atom is 0.416 e. The Labute approximate surface area is 178 Å². The van der Waals surface area contributed by atoms with Crippen molar-refractivity contribution in [3.63, 3.8) is 0 Å². The lowest BCUT2D eigenvalue weighted by molar-refractivity contribution is -0.137. The standard InChI is InChI=1S/C18H11BrF3N5O2S/c19-10-6-30-15(13(10)17-24-7-25-26-17)14(16(23)29)27-11-3-2-9(18(20,21)22)5-8(11)1-4-12(27)28/h1-7,14H,(H2,23,29)(H,24,25,26). The summed E-state index contributed by atoms with van der Waals surface area (Å²) in [5, 5.41) is 8.33. The van der Waals surface area contributed by atoms with Crippen molar-refractivity contribution in [3.8, 4) is 11.4 Å². The lowest BCUT2D eigenvalue weighted by atomic mass is 10.1. The summed E-state index contributed by atoms with van der Waals surface area (Å²) in [7, 11) is 0. The van der Waals surface area contributed by atoms with Gasteiger partial charge in [0.05, 0.1) is 11.1 Å². The number of halogens is 4. The Hall–Kier alpha value is -2.99. The SMILES string of the molecule is NC(=O)C(c1scc(Br)c1-c1ncn[nH]1)n1c(=O)ccc2cc(C(F)(F)F)ccc21. The minimum atomic E-state index is -4.55. The van der Waals surface area contributed by atoms with Crippen LogP contribution in [-0.2, 0) is 11.0 Å². The van der Waals surface area contributed by atoms with Gasteiger partial charge in [0.1, 0.15) is 6.33 Å². The van der Waals surface area contributed by atoms with E-state index in [9.17, 15) is 22.8 Å². The van der Waals surface area contributed by atoms with E-state index in [1.165, 1.54) is 12.4 Å². The van der Waals surface area contributed by atoms with Crippen LogP contribution in [0.15, 0.2) is 51.3 Å². The number of aromatic nitrogens is 4. The molecule has 12 heteroatoms. The molecule has 0 saturated carbocycles. The van der Waals surface area contributed by atoms with Gasteiger partial charge in [0.2, 0.25) is 5.91 Å². The second-order valence-corrected chi connectivity index (χ2v) is 8.04. The third-order valence-corrected chi connectivity index (χ3v) is 6.42. The number of carbonyl (C=O) groups excluding carboxylic acids is 1. The van der Waals surface area contributed by atoms with Crippen molar-refractivity contribution in [2.24, 2.45) is 5.73 Å². The minimum Gasteiger partial charge on any atom is -0.368 e. The third kappa shape index (κ3) is 3.41. The molecule has 154 valence electrons. The smallest absolute Gasteiger partial charge is 0.368 e. The molecule has 0 spiro atoms. The zero-order chi connectivity index (χ0) is 21.6. The number of carbonyl (C=O) groups is 1. The van der Waals surface area contributed by atoms with Gasteiger partial charge in [-0.05, 0) is 45.6 Å². The van der Waals surface area contributed by atoms with Gasteiger partial charge in [0.25, 0.3) is 5.56 Å². The maximum absolute atomic E-state index is 13.1. The van der Waals surface area contributed by atoms with E-state index in [0.29, 0.717) is 20.7 Å². The molecule has 3 heterocycles. The molecule has 7 nitrogen and oxygen atoms in total. The Morgan fingerprint density at radius 1 is 1.27 bits per heavy atom. The molecule has 4 rings (SSSR count). The number of alkyl halides is 3. The average Bonchev–Trinajstić information content (AvgIpc) is 3.32. The topological polar surface area (TPSA) is 107 Å². The van der Waals surface area contributed by atoms with Gasteiger partial charge in [-0.2, -0.15) is 18.3 Å². The Balaban J connectivity index is 1.99. The molecule has 0 fully saturated rings. The van der Waals surface area contributed by atoms with Crippen molar-refractivity contribution < 1.29 is 18.0 Å². The predicted octanol–water partition coefficient (Wildman–Crippen LogP) is 3.70. The molecule has 0 aliphatic rings. The molecule has 4 aromatic rings. The van der Waals surface area contributed by atoms with Crippen molar-refractivity contribution in [1.29, 1.82) is 0 Å². The van der Waals surface area contributed by atoms with E-state index in [1.54, 1.807) is 5.38 Å². The predicted molar refractivity (Wildman–Crippen MR) is 108 cm³/mol. The number of hydrogen-bond donors (Lipinski definition) is 2. The molecule has 1 atom stereocenters. The van der Waals surface area contributed by atoms with Gasteiger partial charge in [-0.1, -0.05) is 0 Å². The normalized spacial score (nSPS) is 12.9. The molecule has 1 unspecified atom stereocenters. The molecule has 3 aromatic heterocycles. The number of pyridine rings is 1. The molecule has 1 aromatic carbocycles. The van der Waals surface area contributed by atoms with Crippen LogP contribution >= 0.6 is 27.3 Å². The summed E-state index contributed by atoms with van der Waals surface area (Å²) in [5.74, 6) is -0.503. The highest BCUT2D eigenvalue weighted by atomic mass is 79.9. The van der Waals surface area contributed by atoms with Crippen LogP contribution in [-0.4, -0.2) is 25.7 Å². The number of primary amides is 1. The highest BCUT2D eigenvalue weighted by Crippen LogP contribution is 2.40. The van der Waals surface area contributed by atoms with E-state index in [4.69, 9.17) is 5.73 Å². The van der Waals surface area contributed by atoms with Crippen molar-refractivity contribution >= 4 is 44.1 Å². The van der Waals surface area contributed by atoms with Crippen LogP contribution < -0.4 is 11.3 Å². The fourth-order valence-corrected chi connectivity index (χ4v) is 5.03. The minimum absolute atomic E-state index is 0.146. The van der Waals surface area contributed by atoms with E-state index < -0.39 is 29.2 Å². The Kier molecular flexibility index (Phi) is 4.98. The van der Waals surface area contributed by atoms with Crippen LogP contribution in [0, 0.1) is 0 Å². The number of nitrogens with two attached hydrogens (primary N) is 1. The molecule has 0 aliphatic carbocycles. The lowest BCUT2D eigenvalue weighted by Crippen LogP contribution is -2.34. The summed E-state index contributed by atoms with van der Waals surface area (Å²) in [6.07, 6.45) is -3.26. The van der Waals surface area contributed by atoms with Crippen LogP contribution in [0.4, 0.5) is 13.2 Å². The van der Waals surface area contributed by atoms with Gasteiger partial charge in [-0.3, -0.25) is 19.3 Å². The summed E-state index contributed by atoms with van der Waals surface area (Å²) in [5.41, 5.74) is 4.84. The van der Waals surface area contributed by atoms with Crippen LogP contribution in [0.5, 0.6) is 0 Å². The number of aromatic amines is 1. The highest BCUT2D eigenvalue weighted by molar-refractivity contribution is 9.10. The van der Waals surface area contributed by atoms with Gasteiger partial charge in [0, 0.05) is 26.4 Å². The van der Waals surface area contributed by atoms with E-state index in [-0.39, 0.29) is 10.9 Å².